The highest BCUT2D eigenvalue weighted by Crippen LogP contribution is 2.65. The highest BCUT2D eigenvalue weighted by Gasteiger charge is 2.66. The zero-order chi connectivity index (χ0) is 22.1. The number of halogens is 1. The van der Waals surface area contributed by atoms with E-state index in [1.807, 2.05) is 36.4 Å². The Labute approximate surface area is 185 Å². The third kappa shape index (κ3) is 3.70. The van der Waals surface area contributed by atoms with E-state index in [0.717, 1.165) is 16.8 Å². The van der Waals surface area contributed by atoms with E-state index in [1.165, 1.54) is 12.1 Å². The highest BCUT2D eigenvalue weighted by molar-refractivity contribution is 6.07. The summed E-state index contributed by atoms with van der Waals surface area (Å²) in [6.07, 6.45) is 4.01. The molecule has 2 unspecified atom stereocenters. The zero-order valence-electron chi connectivity index (χ0n) is 17.3. The normalized spacial score (nSPS) is 20.8. The maximum absolute atomic E-state index is 13.5. The fourth-order valence-corrected chi connectivity index (χ4v) is 4.38. The first-order valence-electron chi connectivity index (χ1n) is 10.5. The average molecular weight is 431 g/mol. The number of aromatic nitrogens is 1. The van der Waals surface area contributed by atoms with Crippen molar-refractivity contribution in [2.45, 2.75) is 18.9 Å². The van der Waals surface area contributed by atoms with Gasteiger partial charge in [0.1, 0.15) is 24.7 Å². The molecule has 32 heavy (non-hydrogen) atoms. The van der Waals surface area contributed by atoms with E-state index in [1.54, 1.807) is 29.4 Å². The number of ether oxygens (including phenoxy) is 1. The minimum Gasteiger partial charge on any atom is -0.492 e. The van der Waals surface area contributed by atoms with Crippen molar-refractivity contribution < 1.29 is 18.7 Å². The number of benzene rings is 2. The molecular formula is C25H22FN3O3. The van der Waals surface area contributed by atoms with Crippen LogP contribution in [0.2, 0.25) is 0 Å². The van der Waals surface area contributed by atoms with Crippen LogP contribution in [0.25, 0.3) is 0 Å². The molecule has 3 aromatic rings. The molecule has 1 aliphatic heterocycles. The molecule has 162 valence electrons. The van der Waals surface area contributed by atoms with Crippen LogP contribution in [0.1, 0.15) is 23.5 Å². The molecule has 1 aromatic heterocycles. The van der Waals surface area contributed by atoms with Crippen LogP contribution in [0.4, 0.5) is 10.1 Å². The summed E-state index contributed by atoms with van der Waals surface area (Å²) in [6, 6.07) is 17.1. The van der Waals surface area contributed by atoms with E-state index in [4.69, 9.17) is 4.74 Å². The van der Waals surface area contributed by atoms with E-state index in [9.17, 15) is 14.0 Å². The van der Waals surface area contributed by atoms with Gasteiger partial charge in [-0.05, 0) is 60.0 Å². The zero-order valence-corrected chi connectivity index (χ0v) is 17.3. The number of hydrogen-bond donors (Lipinski definition) is 1. The summed E-state index contributed by atoms with van der Waals surface area (Å²) < 4.78 is 19.0. The van der Waals surface area contributed by atoms with Crippen LogP contribution in [-0.4, -0.2) is 29.9 Å². The Morgan fingerprint density at radius 1 is 1.12 bits per heavy atom. The molecule has 6 nitrogen and oxygen atoms in total. The largest absolute Gasteiger partial charge is 0.492 e. The number of para-hydroxylation sites is 1. The number of nitrogens with zero attached hydrogens (tertiary/aromatic N) is 2. The van der Waals surface area contributed by atoms with E-state index in [2.05, 4.69) is 10.3 Å². The van der Waals surface area contributed by atoms with Crippen LogP contribution in [0.3, 0.4) is 0 Å². The van der Waals surface area contributed by atoms with Crippen LogP contribution in [0.15, 0.2) is 73.1 Å². The smallest absolute Gasteiger partial charge is 0.240 e. The Kier molecular flexibility index (Phi) is 5.09. The van der Waals surface area contributed by atoms with Crippen molar-refractivity contribution in [1.82, 2.24) is 10.3 Å². The predicted octanol–water partition coefficient (Wildman–Crippen LogP) is 3.44. The molecule has 0 saturated heterocycles. The molecule has 2 atom stereocenters. The Bertz CT molecular complexity index is 1150. The number of fused-ring (bicyclic) bond motifs is 3. The van der Waals surface area contributed by atoms with Crippen molar-refractivity contribution in [2.75, 3.05) is 18.1 Å². The topological polar surface area (TPSA) is 71.5 Å². The van der Waals surface area contributed by atoms with Gasteiger partial charge in [-0.1, -0.05) is 18.2 Å². The van der Waals surface area contributed by atoms with Crippen molar-refractivity contribution in [1.29, 1.82) is 0 Å². The number of hydrogen-bond acceptors (Lipinski definition) is 4. The lowest BCUT2D eigenvalue weighted by atomic mass is 9.92. The van der Waals surface area contributed by atoms with Gasteiger partial charge in [0.15, 0.2) is 0 Å². The second kappa shape index (κ2) is 8.07. The number of amides is 2. The highest BCUT2D eigenvalue weighted by atomic mass is 19.1. The molecule has 2 heterocycles. The van der Waals surface area contributed by atoms with Crippen LogP contribution in [0, 0.1) is 11.2 Å². The number of nitrogens with one attached hydrogen (secondary N) is 1. The lowest BCUT2D eigenvalue weighted by Gasteiger charge is -2.33. The molecule has 1 N–H and O–H groups in total. The van der Waals surface area contributed by atoms with Gasteiger partial charge >= 0.3 is 0 Å². The first-order valence-corrected chi connectivity index (χ1v) is 10.5. The van der Waals surface area contributed by atoms with Crippen LogP contribution in [0.5, 0.6) is 5.75 Å². The lowest BCUT2D eigenvalue weighted by molar-refractivity contribution is -0.128. The fourth-order valence-electron chi connectivity index (χ4n) is 4.38. The number of carbonyl (C=O) groups is 2. The van der Waals surface area contributed by atoms with Gasteiger partial charge in [-0.3, -0.25) is 14.6 Å². The predicted molar refractivity (Wildman–Crippen MR) is 117 cm³/mol. The summed E-state index contributed by atoms with van der Waals surface area (Å²) in [5, 5.41) is 2.87. The first kappa shape index (κ1) is 20.2. The molecule has 0 bridgehead atoms. The molecule has 1 aliphatic carbocycles. The van der Waals surface area contributed by atoms with Crippen molar-refractivity contribution >= 4 is 17.5 Å². The minimum absolute atomic E-state index is 0.0581. The summed E-state index contributed by atoms with van der Waals surface area (Å²) in [6.45, 7) is 0.490. The summed E-state index contributed by atoms with van der Waals surface area (Å²) in [4.78, 5) is 31.8. The van der Waals surface area contributed by atoms with Crippen LogP contribution >= 0.6 is 0 Å². The van der Waals surface area contributed by atoms with Crippen LogP contribution in [-0.2, 0) is 16.1 Å². The van der Waals surface area contributed by atoms with E-state index in [-0.39, 0.29) is 36.7 Å². The third-order valence-corrected chi connectivity index (χ3v) is 6.20. The Balaban J connectivity index is 1.32. The molecule has 0 spiro atoms. The minimum atomic E-state index is -0.700. The summed E-state index contributed by atoms with van der Waals surface area (Å²) in [5.74, 6) is -0.116. The molecule has 1 fully saturated rings. The van der Waals surface area contributed by atoms with E-state index < -0.39 is 5.41 Å². The Morgan fingerprint density at radius 3 is 2.66 bits per heavy atom. The van der Waals surface area contributed by atoms with Crippen molar-refractivity contribution in [3.05, 3.63) is 90.0 Å². The Morgan fingerprint density at radius 2 is 1.88 bits per heavy atom. The number of rotatable bonds is 7. The van der Waals surface area contributed by atoms with Crippen molar-refractivity contribution in [2.24, 2.45) is 5.41 Å². The number of anilines is 1. The molecule has 0 radical (unpaired) electrons. The SMILES string of the molecule is O=C(CN1C(=O)C2(COc3ccc(F)cc3)CC2c2ccccc21)NCc1ccncc1. The second-order valence-electron chi connectivity index (χ2n) is 8.24. The average Bonchev–Trinajstić information content (AvgIpc) is 3.57. The molecular weight excluding hydrogens is 409 g/mol. The number of pyridine rings is 1. The van der Waals surface area contributed by atoms with Gasteiger partial charge < -0.3 is 15.0 Å². The molecule has 2 aliphatic rings. The summed E-state index contributed by atoms with van der Waals surface area (Å²) in [5.41, 5.74) is 2.06. The van der Waals surface area contributed by atoms with Gasteiger partial charge in [-0.2, -0.15) is 0 Å². The monoisotopic (exact) mass is 431 g/mol. The summed E-state index contributed by atoms with van der Waals surface area (Å²) >= 11 is 0. The van der Waals surface area contributed by atoms with Crippen LogP contribution < -0.4 is 15.0 Å². The van der Waals surface area contributed by atoms with E-state index >= 15 is 0 Å². The van der Waals surface area contributed by atoms with Crippen molar-refractivity contribution in [3.63, 3.8) is 0 Å². The quantitative estimate of drug-likeness (QED) is 0.622. The fraction of sp³-hybridized carbons (Fsp3) is 0.240. The van der Waals surface area contributed by atoms with Gasteiger partial charge in [-0.25, -0.2) is 4.39 Å². The van der Waals surface area contributed by atoms with Gasteiger partial charge in [0.2, 0.25) is 11.8 Å². The maximum atomic E-state index is 13.5. The standard InChI is InChI=1S/C25H22FN3O3/c26-18-5-7-19(8-6-18)32-16-25-13-21(25)20-3-1-2-4-22(20)29(24(25)31)15-23(30)28-14-17-9-11-27-12-10-17/h1-12,21H,13-16H2,(H,28,30). The Hall–Kier alpha value is -3.74. The van der Waals surface area contributed by atoms with Gasteiger partial charge in [0.05, 0.1) is 5.41 Å². The molecule has 2 aromatic carbocycles. The maximum Gasteiger partial charge on any atom is 0.240 e. The molecule has 1 saturated carbocycles. The second-order valence-corrected chi connectivity index (χ2v) is 8.24. The third-order valence-electron chi connectivity index (χ3n) is 6.20. The van der Waals surface area contributed by atoms with Crippen molar-refractivity contribution in [3.8, 4) is 5.75 Å². The lowest BCUT2D eigenvalue weighted by Crippen LogP contribution is -2.48. The van der Waals surface area contributed by atoms with Gasteiger partial charge in [0, 0.05) is 30.5 Å². The van der Waals surface area contributed by atoms with E-state index in [0.29, 0.717) is 18.7 Å². The summed E-state index contributed by atoms with van der Waals surface area (Å²) in [7, 11) is 0. The first-order chi connectivity index (χ1) is 15.6. The molecule has 2 amide bonds. The molecule has 7 heteroatoms. The van der Waals surface area contributed by atoms with Gasteiger partial charge in [-0.15, -0.1) is 0 Å². The molecule has 5 rings (SSSR count). The van der Waals surface area contributed by atoms with Gasteiger partial charge in [0.25, 0.3) is 0 Å². The number of carbonyl (C=O) groups excluding carboxylic acids is 2.